The molecule has 1 aliphatic heterocycles. The van der Waals surface area contributed by atoms with Crippen molar-refractivity contribution in [3.8, 4) is 0 Å². The Hall–Kier alpha value is -3.15. The lowest BCUT2D eigenvalue weighted by Gasteiger charge is -2.30. The number of fused-ring (bicyclic) bond motifs is 1. The number of imidazole rings is 1. The van der Waals surface area contributed by atoms with Crippen LogP contribution in [-0.4, -0.2) is 39.2 Å². The number of nitrogens with zero attached hydrogens (tertiary/aromatic N) is 3. The Balaban J connectivity index is 1.68. The smallest absolute Gasteiger partial charge is 0.290 e. The topological polar surface area (TPSA) is 66.7 Å². The van der Waals surface area contributed by atoms with Crippen LogP contribution in [0.5, 0.6) is 0 Å². The van der Waals surface area contributed by atoms with Crippen molar-refractivity contribution in [1.29, 1.82) is 0 Å². The van der Waals surface area contributed by atoms with Gasteiger partial charge in [-0.15, -0.1) is 0 Å². The third kappa shape index (κ3) is 3.50. The van der Waals surface area contributed by atoms with Crippen LogP contribution >= 0.6 is 0 Å². The van der Waals surface area contributed by atoms with Gasteiger partial charge in [-0.3, -0.25) is 14.0 Å². The van der Waals surface area contributed by atoms with Crippen LogP contribution in [0.3, 0.4) is 0 Å². The van der Waals surface area contributed by atoms with Gasteiger partial charge in [-0.2, -0.15) is 0 Å². The van der Waals surface area contributed by atoms with E-state index in [1.165, 1.54) is 0 Å². The third-order valence-electron chi connectivity index (χ3n) is 5.17. The molecule has 2 amide bonds. The van der Waals surface area contributed by atoms with Crippen molar-refractivity contribution in [1.82, 2.24) is 14.3 Å². The molecule has 3 aromatic rings. The number of aromatic nitrogens is 2. The maximum absolute atomic E-state index is 13.1. The number of pyridine rings is 1. The summed E-state index contributed by atoms with van der Waals surface area (Å²) in [7, 11) is 0. The van der Waals surface area contributed by atoms with Gasteiger partial charge >= 0.3 is 0 Å². The Bertz CT molecular complexity index is 1040. The second-order valence-electron chi connectivity index (χ2n) is 7.56. The lowest BCUT2D eigenvalue weighted by molar-refractivity contribution is 0.0670. The molecule has 0 bridgehead atoms. The number of piperidine rings is 1. The van der Waals surface area contributed by atoms with Crippen molar-refractivity contribution in [3.63, 3.8) is 0 Å². The molecule has 0 spiro atoms. The van der Waals surface area contributed by atoms with Crippen LogP contribution in [0.4, 0.5) is 5.69 Å². The lowest BCUT2D eigenvalue weighted by Crippen LogP contribution is -2.39. The Morgan fingerprint density at radius 2 is 2.04 bits per heavy atom. The van der Waals surface area contributed by atoms with Crippen molar-refractivity contribution in [2.75, 3.05) is 18.4 Å². The molecule has 144 valence electrons. The van der Waals surface area contributed by atoms with Gasteiger partial charge in [0.05, 0.1) is 5.52 Å². The van der Waals surface area contributed by atoms with E-state index in [0.717, 1.165) is 31.5 Å². The first-order valence-electron chi connectivity index (χ1n) is 9.67. The fourth-order valence-corrected chi connectivity index (χ4v) is 3.78. The van der Waals surface area contributed by atoms with E-state index in [1.54, 1.807) is 10.6 Å². The normalized spacial score (nSPS) is 16.9. The minimum atomic E-state index is -0.319. The van der Waals surface area contributed by atoms with Gasteiger partial charge in [-0.1, -0.05) is 25.1 Å². The molecule has 6 heteroatoms. The van der Waals surface area contributed by atoms with E-state index in [0.29, 0.717) is 22.9 Å². The highest BCUT2D eigenvalue weighted by atomic mass is 16.2. The standard InChI is InChI=1S/C22H24N4O2/c1-15-7-5-9-17(13-15)23-21(27)19-18-10-3-4-12-26(18)20(24-19)22(28)25-11-6-8-16(2)14-25/h3-5,7,9-10,12-13,16H,6,8,11,14H2,1-2H3,(H,23,27). The Morgan fingerprint density at radius 1 is 1.18 bits per heavy atom. The molecule has 0 radical (unpaired) electrons. The van der Waals surface area contributed by atoms with E-state index in [4.69, 9.17) is 0 Å². The number of benzene rings is 1. The summed E-state index contributed by atoms with van der Waals surface area (Å²) in [6.07, 6.45) is 3.92. The van der Waals surface area contributed by atoms with Crippen LogP contribution < -0.4 is 5.32 Å². The van der Waals surface area contributed by atoms with Crippen LogP contribution in [0.25, 0.3) is 5.52 Å². The molecule has 1 N–H and O–H groups in total. The number of nitrogens with one attached hydrogen (secondary N) is 1. The molecule has 2 aromatic heterocycles. The predicted octanol–water partition coefficient (Wildman–Crippen LogP) is 3.77. The molecule has 28 heavy (non-hydrogen) atoms. The number of aryl methyl sites for hydroxylation is 1. The first-order valence-corrected chi connectivity index (χ1v) is 9.67. The lowest BCUT2D eigenvalue weighted by atomic mass is 10.0. The first kappa shape index (κ1) is 18.2. The van der Waals surface area contributed by atoms with E-state index in [-0.39, 0.29) is 17.5 Å². The van der Waals surface area contributed by atoms with E-state index in [9.17, 15) is 9.59 Å². The second kappa shape index (κ2) is 7.46. The van der Waals surface area contributed by atoms with Gasteiger partial charge in [-0.05, 0) is 55.5 Å². The quantitative estimate of drug-likeness (QED) is 0.757. The van der Waals surface area contributed by atoms with E-state index in [2.05, 4.69) is 17.2 Å². The van der Waals surface area contributed by atoms with Crippen LogP contribution in [-0.2, 0) is 0 Å². The number of hydrogen-bond donors (Lipinski definition) is 1. The maximum atomic E-state index is 13.1. The van der Waals surface area contributed by atoms with Crippen LogP contribution in [0, 0.1) is 12.8 Å². The van der Waals surface area contributed by atoms with Crippen molar-refractivity contribution in [3.05, 3.63) is 65.7 Å². The minimum Gasteiger partial charge on any atom is -0.336 e. The van der Waals surface area contributed by atoms with E-state index in [1.807, 2.05) is 54.3 Å². The number of carbonyl (C=O) groups is 2. The molecular weight excluding hydrogens is 352 g/mol. The van der Waals surface area contributed by atoms with Gasteiger partial charge in [0, 0.05) is 25.0 Å². The number of likely N-dealkylation sites (tertiary alicyclic amines) is 1. The van der Waals surface area contributed by atoms with Gasteiger partial charge < -0.3 is 10.2 Å². The predicted molar refractivity (Wildman–Crippen MR) is 109 cm³/mol. The maximum Gasteiger partial charge on any atom is 0.290 e. The highest BCUT2D eigenvalue weighted by molar-refractivity contribution is 6.09. The van der Waals surface area contributed by atoms with Gasteiger partial charge in [0.25, 0.3) is 11.8 Å². The summed E-state index contributed by atoms with van der Waals surface area (Å²) in [5, 5.41) is 2.89. The number of rotatable bonds is 3. The molecule has 1 aromatic carbocycles. The van der Waals surface area contributed by atoms with Crippen LogP contribution in [0.2, 0.25) is 0 Å². The molecule has 1 fully saturated rings. The fourth-order valence-electron chi connectivity index (χ4n) is 3.78. The molecule has 0 saturated carbocycles. The number of anilines is 1. The number of amides is 2. The average Bonchev–Trinajstić information content (AvgIpc) is 3.07. The molecule has 4 rings (SSSR count). The van der Waals surface area contributed by atoms with E-state index < -0.39 is 0 Å². The fraction of sp³-hybridized carbons (Fsp3) is 0.318. The molecule has 1 atom stereocenters. The molecule has 3 heterocycles. The van der Waals surface area contributed by atoms with Crippen LogP contribution in [0.15, 0.2) is 48.7 Å². The summed E-state index contributed by atoms with van der Waals surface area (Å²) in [5.74, 6) is 0.329. The monoisotopic (exact) mass is 376 g/mol. The zero-order valence-electron chi connectivity index (χ0n) is 16.2. The van der Waals surface area contributed by atoms with Crippen molar-refractivity contribution < 1.29 is 9.59 Å². The Labute approximate surface area is 164 Å². The summed E-state index contributed by atoms with van der Waals surface area (Å²) >= 11 is 0. The highest BCUT2D eigenvalue weighted by Gasteiger charge is 2.27. The summed E-state index contributed by atoms with van der Waals surface area (Å²) in [6.45, 7) is 5.59. The minimum absolute atomic E-state index is 0.123. The largest absolute Gasteiger partial charge is 0.336 e. The van der Waals surface area contributed by atoms with Crippen molar-refractivity contribution in [2.45, 2.75) is 26.7 Å². The van der Waals surface area contributed by atoms with Crippen molar-refractivity contribution in [2.24, 2.45) is 5.92 Å². The molecule has 0 aliphatic carbocycles. The zero-order valence-corrected chi connectivity index (χ0v) is 16.2. The summed E-state index contributed by atoms with van der Waals surface area (Å²) in [6, 6.07) is 13.1. The number of carbonyl (C=O) groups excluding carboxylic acids is 2. The van der Waals surface area contributed by atoms with Crippen molar-refractivity contribution >= 4 is 23.0 Å². The Kier molecular flexibility index (Phi) is 4.86. The highest BCUT2D eigenvalue weighted by Crippen LogP contribution is 2.21. The summed E-state index contributed by atoms with van der Waals surface area (Å²) in [5.41, 5.74) is 2.65. The molecule has 6 nitrogen and oxygen atoms in total. The second-order valence-corrected chi connectivity index (χ2v) is 7.56. The van der Waals surface area contributed by atoms with E-state index >= 15 is 0 Å². The summed E-state index contributed by atoms with van der Waals surface area (Å²) < 4.78 is 1.72. The summed E-state index contributed by atoms with van der Waals surface area (Å²) in [4.78, 5) is 32.3. The molecular formula is C22H24N4O2. The average molecular weight is 376 g/mol. The zero-order chi connectivity index (χ0) is 19.7. The van der Waals surface area contributed by atoms with Gasteiger partial charge in [0.1, 0.15) is 0 Å². The third-order valence-corrected chi connectivity index (χ3v) is 5.17. The van der Waals surface area contributed by atoms with Gasteiger partial charge in [-0.25, -0.2) is 4.98 Å². The Morgan fingerprint density at radius 3 is 2.82 bits per heavy atom. The number of hydrogen-bond acceptors (Lipinski definition) is 3. The first-order chi connectivity index (χ1) is 13.5. The molecule has 1 unspecified atom stereocenters. The SMILES string of the molecule is Cc1cccc(NC(=O)c2nc(C(=O)N3CCCC(C)C3)n3ccccc23)c1. The van der Waals surface area contributed by atoms with Gasteiger partial charge in [0.2, 0.25) is 5.82 Å². The van der Waals surface area contributed by atoms with Gasteiger partial charge in [0.15, 0.2) is 5.69 Å². The molecule has 1 aliphatic rings. The van der Waals surface area contributed by atoms with Crippen LogP contribution in [0.1, 0.15) is 46.4 Å². The molecule has 1 saturated heterocycles.